The molecule has 2 aliphatic rings. The van der Waals surface area contributed by atoms with Crippen LogP contribution in [-0.4, -0.2) is 10.4 Å². The van der Waals surface area contributed by atoms with Crippen molar-refractivity contribution in [3.05, 3.63) is 23.0 Å². The number of hydrogen-bond acceptors (Lipinski definition) is 1. The van der Waals surface area contributed by atoms with Gasteiger partial charge in [-0.3, -0.25) is 4.79 Å². The van der Waals surface area contributed by atoms with E-state index < -0.39 is 0 Å². The van der Waals surface area contributed by atoms with E-state index in [1.807, 2.05) is 0 Å². The molecule has 0 aliphatic heterocycles. The van der Waals surface area contributed by atoms with Crippen molar-refractivity contribution in [3.63, 3.8) is 0 Å². The van der Waals surface area contributed by atoms with Gasteiger partial charge in [-0.1, -0.05) is 40.5 Å². The molecule has 1 fully saturated rings. The molecule has 1 heterocycles. The lowest BCUT2D eigenvalue weighted by molar-refractivity contribution is 0.0900. The van der Waals surface area contributed by atoms with E-state index in [0.29, 0.717) is 23.7 Å². The minimum absolute atomic E-state index is 0.103. The zero-order valence-electron chi connectivity index (χ0n) is 14.3. The molecule has 3 rings (SSSR count). The van der Waals surface area contributed by atoms with Gasteiger partial charge in [-0.2, -0.15) is 0 Å². The highest BCUT2D eigenvalue weighted by molar-refractivity contribution is 5.99. The summed E-state index contributed by atoms with van der Waals surface area (Å²) in [6, 6.07) is 2.70. The van der Waals surface area contributed by atoms with Gasteiger partial charge in [0.25, 0.3) is 0 Å². The van der Waals surface area contributed by atoms with E-state index >= 15 is 0 Å². The van der Waals surface area contributed by atoms with E-state index in [-0.39, 0.29) is 5.41 Å². The lowest BCUT2D eigenvalue weighted by Gasteiger charge is -2.42. The summed E-state index contributed by atoms with van der Waals surface area (Å²) in [6.07, 6.45) is 6.94. The Morgan fingerprint density at radius 3 is 2.52 bits per heavy atom. The molecular formula is C19H29NO. The lowest BCUT2D eigenvalue weighted by Crippen LogP contribution is -2.35. The van der Waals surface area contributed by atoms with Gasteiger partial charge in [-0.15, -0.1) is 0 Å². The van der Waals surface area contributed by atoms with Crippen molar-refractivity contribution in [2.45, 2.75) is 79.2 Å². The van der Waals surface area contributed by atoms with Crippen molar-refractivity contribution in [3.8, 4) is 0 Å². The van der Waals surface area contributed by atoms with Gasteiger partial charge in [0.15, 0.2) is 5.78 Å². The molecule has 2 heteroatoms. The molecule has 1 aromatic heterocycles. The third-order valence-electron chi connectivity index (χ3n) is 5.68. The summed E-state index contributed by atoms with van der Waals surface area (Å²) < 4.78 is 2.54. The topological polar surface area (TPSA) is 22.0 Å². The molecule has 2 aliphatic carbocycles. The molecule has 0 spiro atoms. The normalized spacial score (nSPS) is 27.5. The maximum Gasteiger partial charge on any atom is 0.165 e. The summed E-state index contributed by atoms with van der Waals surface area (Å²) in [5.41, 5.74) is 4.04. The molecule has 1 aromatic rings. The Bertz CT molecular complexity index is 577. The predicted molar refractivity (Wildman–Crippen MR) is 86.9 cm³/mol. The van der Waals surface area contributed by atoms with Crippen molar-refractivity contribution in [2.24, 2.45) is 10.8 Å². The van der Waals surface area contributed by atoms with E-state index in [2.05, 4.69) is 45.3 Å². The van der Waals surface area contributed by atoms with Gasteiger partial charge in [-0.05, 0) is 43.1 Å². The molecule has 0 bridgehead atoms. The van der Waals surface area contributed by atoms with Crippen molar-refractivity contribution in [2.75, 3.05) is 0 Å². The van der Waals surface area contributed by atoms with Crippen LogP contribution in [-0.2, 0) is 6.42 Å². The number of ketones is 1. The number of hydrogen-bond donors (Lipinski definition) is 0. The van der Waals surface area contributed by atoms with Gasteiger partial charge in [0.2, 0.25) is 0 Å². The number of Topliss-reactive ketones (excluding diaryl/α,β-unsaturated/α-hetero) is 1. The minimum atomic E-state index is 0.103. The quantitative estimate of drug-likeness (QED) is 0.705. The standard InChI is InChI=1S/C19H29NO/c1-13-10-14-15(11-18(2,3)12-16(14)21)20(13)17-8-6-7-9-19(17,4)5/h10,17H,6-9,11-12H2,1-5H3. The number of fused-ring (bicyclic) bond motifs is 1. The average molecular weight is 287 g/mol. The summed E-state index contributed by atoms with van der Waals surface area (Å²) in [5, 5.41) is 0. The Morgan fingerprint density at radius 1 is 1.14 bits per heavy atom. The van der Waals surface area contributed by atoms with Crippen LogP contribution in [0.5, 0.6) is 0 Å². The van der Waals surface area contributed by atoms with Gasteiger partial charge >= 0.3 is 0 Å². The molecule has 1 saturated carbocycles. The summed E-state index contributed by atoms with van der Waals surface area (Å²) >= 11 is 0. The fraction of sp³-hybridized carbons (Fsp3) is 0.737. The zero-order valence-corrected chi connectivity index (χ0v) is 14.3. The second-order valence-corrected chi connectivity index (χ2v) is 8.71. The van der Waals surface area contributed by atoms with Crippen LogP contribution in [0.3, 0.4) is 0 Å². The van der Waals surface area contributed by atoms with E-state index in [0.717, 1.165) is 12.0 Å². The smallest absolute Gasteiger partial charge is 0.165 e. The van der Waals surface area contributed by atoms with Crippen LogP contribution in [0.25, 0.3) is 0 Å². The fourth-order valence-corrected chi connectivity index (χ4v) is 4.56. The average Bonchev–Trinajstić information content (AvgIpc) is 2.65. The van der Waals surface area contributed by atoms with Gasteiger partial charge in [0.05, 0.1) is 0 Å². The van der Waals surface area contributed by atoms with Gasteiger partial charge in [0, 0.05) is 29.4 Å². The number of carbonyl (C=O) groups is 1. The zero-order chi connectivity index (χ0) is 15.4. The van der Waals surface area contributed by atoms with Crippen molar-refractivity contribution in [1.82, 2.24) is 4.57 Å². The first-order valence-corrected chi connectivity index (χ1v) is 8.45. The maximum absolute atomic E-state index is 12.5. The molecule has 21 heavy (non-hydrogen) atoms. The molecule has 0 N–H and O–H groups in total. The van der Waals surface area contributed by atoms with Gasteiger partial charge in [-0.25, -0.2) is 0 Å². The highest BCUT2D eigenvalue weighted by Gasteiger charge is 2.39. The summed E-state index contributed by atoms with van der Waals surface area (Å²) in [5.74, 6) is 0.344. The Labute approximate surface area is 128 Å². The Hall–Kier alpha value is -1.05. The third kappa shape index (κ3) is 2.47. The molecular weight excluding hydrogens is 258 g/mol. The van der Waals surface area contributed by atoms with Crippen molar-refractivity contribution in [1.29, 1.82) is 0 Å². The summed E-state index contributed by atoms with van der Waals surface area (Å²) in [7, 11) is 0. The first-order valence-electron chi connectivity index (χ1n) is 8.45. The van der Waals surface area contributed by atoms with Crippen molar-refractivity contribution < 1.29 is 4.79 Å². The minimum Gasteiger partial charge on any atom is -0.345 e. The maximum atomic E-state index is 12.5. The van der Waals surface area contributed by atoms with Crippen LogP contribution in [0.2, 0.25) is 0 Å². The molecule has 0 amide bonds. The molecule has 0 aromatic carbocycles. The summed E-state index contributed by atoms with van der Waals surface area (Å²) in [4.78, 5) is 12.5. The molecule has 0 saturated heterocycles. The van der Waals surface area contributed by atoms with E-state index in [9.17, 15) is 4.79 Å². The van der Waals surface area contributed by atoms with E-state index in [4.69, 9.17) is 0 Å². The molecule has 2 nitrogen and oxygen atoms in total. The van der Waals surface area contributed by atoms with Crippen LogP contribution in [0.4, 0.5) is 0 Å². The second-order valence-electron chi connectivity index (χ2n) is 8.71. The number of aromatic nitrogens is 1. The van der Waals surface area contributed by atoms with Crippen LogP contribution < -0.4 is 0 Å². The highest BCUT2D eigenvalue weighted by atomic mass is 16.1. The number of aryl methyl sites for hydroxylation is 1. The van der Waals surface area contributed by atoms with Crippen LogP contribution in [0, 0.1) is 17.8 Å². The predicted octanol–water partition coefficient (Wildman–Crippen LogP) is 5.09. The van der Waals surface area contributed by atoms with E-state index in [1.165, 1.54) is 37.1 Å². The number of rotatable bonds is 1. The van der Waals surface area contributed by atoms with Gasteiger partial charge < -0.3 is 4.57 Å². The highest BCUT2D eigenvalue weighted by Crippen LogP contribution is 2.47. The van der Waals surface area contributed by atoms with Gasteiger partial charge in [0.1, 0.15) is 0 Å². The van der Waals surface area contributed by atoms with Crippen molar-refractivity contribution >= 4 is 5.78 Å². The van der Waals surface area contributed by atoms with Crippen LogP contribution in [0.1, 0.15) is 87.6 Å². The fourth-order valence-electron chi connectivity index (χ4n) is 4.56. The second kappa shape index (κ2) is 4.72. The first kappa shape index (κ1) is 14.9. The molecule has 116 valence electrons. The lowest BCUT2D eigenvalue weighted by atomic mass is 9.72. The van der Waals surface area contributed by atoms with Crippen LogP contribution in [0.15, 0.2) is 6.07 Å². The Kier molecular flexibility index (Phi) is 3.35. The Balaban J connectivity index is 2.10. The molecule has 1 unspecified atom stereocenters. The molecule has 1 atom stereocenters. The largest absolute Gasteiger partial charge is 0.345 e. The molecule has 0 radical (unpaired) electrons. The first-order chi connectivity index (χ1) is 9.71. The number of carbonyl (C=O) groups excluding carboxylic acids is 1. The van der Waals surface area contributed by atoms with E-state index in [1.54, 1.807) is 0 Å². The summed E-state index contributed by atoms with van der Waals surface area (Å²) in [6.45, 7) is 11.4. The number of nitrogens with zero attached hydrogens (tertiary/aromatic N) is 1. The SMILES string of the molecule is Cc1cc2c(n1C1CCCCC1(C)C)CC(C)(C)CC2=O. The van der Waals surface area contributed by atoms with Crippen LogP contribution >= 0.6 is 0 Å². The monoisotopic (exact) mass is 287 g/mol. The Morgan fingerprint density at radius 2 is 1.86 bits per heavy atom. The third-order valence-corrected chi connectivity index (χ3v) is 5.68.